The Morgan fingerprint density at radius 1 is 1.21 bits per heavy atom. The summed E-state index contributed by atoms with van der Waals surface area (Å²) < 4.78 is 25.5. The van der Waals surface area contributed by atoms with Crippen LogP contribution in [0.1, 0.15) is 30.6 Å². The Morgan fingerprint density at radius 3 is 2.14 bits per heavy atom. The van der Waals surface area contributed by atoms with Gasteiger partial charge in [0.25, 0.3) is 0 Å². The topological polar surface area (TPSA) is 17.1 Å². The molecule has 0 aromatic heterocycles. The van der Waals surface area contributed by atoms with Gasteiger partial charge in [-0.3, -0.25) is 4.79 Å². The maximum absolute atomic E-state index is 12.7. The first-order valence-corrected chi connectivity index (χ1v) is 4.48. The summed E-state index contributed by atoms with van der Waals surface area (Å²) in [6.07, 6.45) is 0.308. The number of hydrogen-bond donors (Lipinski definition) is 0. The van der Waals surface area contributed by atoms with Gasteiger partial charge in [0, 0.05) is 18.1 Å². The van der Waals surface area contributed by atoms with Crippen molar-refractivity contribution in [3.8, 4) is 0 Å². The Labute approximate surface area is 81.7 Å². The highest BCUT2D eigenvalue weighted by Gasteiger charge is 2.10. The van der Waals surface area contributed by atoms with Gasteiger partial charge in [-0.1, -0.05) is 13.8 Å². The predicted octanol–water partition coefficient (Wildman–Crippen LogP) is 3.19. The second-order valence-electron chi connectivity index (χ2n) is 3.68. The second-order valence-corrected chi connectivity index (χ2v) is 3.68. The number of carbonyl (C=O) groups is 1. The highest BCUT2D eigenvalue weighted by atomic mass is 19.1. The average Bonchev–Trinajstić information content (AvgIpc) is 2.00. The molecule has 0 fully saturated rings. The largest absolute Gasteiger partial charge is 0.294 e. The van der Waals surface area contributed by atoms with Crippen LogP contribution in [0.25, 0.3) is 0 Å². The summed E-state index contributed by atoms with van der Waals surface area (Å²) >= 11 is 0. The molecule has 0 N–H and O–H groups in total. The maximum atomic E-state index is 12.7. The summed E-state index contributed by atoms with van der Waals surface area (Å²) in [5.41, 5.74) is 0.108. The molecule has 14 heavy (non-hydrogen) atoms. The van der Waals surface area contributed by atoms with Crippen LogP contribution in [0.5, 0.6) is 0 Å². The third kappa shape index (κ3) is 2.91. The molecule has 0 unspecified atom stereocenters. The summed E-state index contributed by atoms with van der Waals surface area (Å²) in [5.74, 6) is -1.46. The molecule has 1 aromatic rings. The van der Waals surface area contributed by atoms with E-state index in [-0.39, 0.29) is 17.3 Å². The molecule has 0 bridgehead atoms. The third-order valence-electron chi connectivity index (χ3n) is 1.78. The number of benzene rings is 1. The van der Waals surface area contributed by atoms with Crippen molar-refractivity contribution in [3.63, 3.8) is 0 Å². The number of carbonyl (C=O) groups excluding carboxylic acids is 1. The van der Waals surface area contributed by atoms with E-state index in [0.29, 0.717) is 6.42 Å². The van der Waals surface area contributed by atoms with Gasteiger partial charge in [0.2, 0.25) is 0 Å². The van der Waals surface area contributed by atoms with Crippen molar-refractivity contribution >= 4 is 5.78 Å². The highest BCUT2D eigenvalue weighted by Crippen LogP contribution is 2.12. The van der Waals surface area contributed by atoms with Crippen molar-refractivity contribution in [2.24, 2.45) is 5.92 Å². The third-order valence-corrected chi connectivity index (χ3v) is 1.78. The van der Waals surface area contributed by atoms with Crippen molar-refractivity contribution in [1.82, 2.24) is 0 Å². The standard InChI is InChI=1S/C11H12F2O/c1-7(2)3-11(14)8-4-9(12)6-10(13)5-8/h4-7H,3H2,1-2H3. The zero-order valence-corrected chi connectivity index (χ0v) is 8.18. The van der Waals surface area contributed by atoms with Crippen molar-refractivity contribution in [3.05, 3.63) is 35.4 Å². The summed E-state index contributed by atoms with van der Waals surface area (Å²) in [4.78, 5) is 11.4. The molecule has 0 spiro atoms. The van der Waals surface area contributed by atoms with E-state index in [2.05, 4.69) is 0 Å². The normalized spacial score (nSPS) is 10.6. The van der Waals surface area contributed by atoms with Gasteiger partial charge in [0.05, 0.1) is 0 Å². The van der Waals surface area contributed by atoms with Crippen LogP contribution in [0.15, 0.2) is 18.2 Å². The summed E-state index contributed by atoms with van der Waals surface area (Å²) in [6, 6.07) is 2.88. The van der Waals surface area contributed by atoms with E-state index in [4.69, 9.17) is 0 Å². The Hall–Kier alpha value is -1.25. The number of rotatable bonds is 3. The summed E-state index contributed by atoms with van der Waals surface area (Å²) in [6.45, 7) is 3.76. The molecule has 0 amide bonds. The van der Waals surface area contributed by atoms with Gasteiger partial charge >= 0.3 is 0 Å². The summed E-state index contributed by atoms with van der Waals surface area (Å²) in [7, 11) is 0. The van der Waals surface area contributed by atoms with Crippen LogP contribution in [0, 0.1) is 17.6 Å². The zero-order chi connectivity index (χ0) is 10.7. The lowest BCUT2D eigenvalue weighted by molar-refractivity contribution is 0.0967. The molecular weight excluding hydrogens is 186 g/mol. The van der Waals surface area contributed by atoms with Gasteiger partial charge in [-0.05, 0) is 18.1 Å². The quantitative estimate of drug-likeness (QED) is 0.681. The molecule has 3 heteroatoms. The number of ketones is 1. The van der Waals surface area contributed by atoms with Crippen molar-refractivity contribution in [1.29, 1.82) is 0 Å². The van der Waals surface area contributed by atoms with Crippen LogP contribution in [0.4, 0.5) is 8.78 Å². The molecule has 1 rings (SSSR count). The molecule has 0 saturated heterocycles. The highest BCUT2D eigenvalue weighted by molar-refractivity contribution is 5.96. The lowest BCUT2D eigenvalue weighted by Crippen LogP contribution is -2.04. The first-order chi connectivity index (χ1) is 6.49. The minimum atomic E-state index is -0.711. The molecule has 76 valence electrons. The SMILES string of the molecule is CC(C)CC(=O)c1cc(F)cc(F)c1. The lowest BCUT2D eigenvalue weighted by Gasteiger charge is -2.04. The van der Waals surface area contributed by atoms with Crippen LogP contribution in [0.2, 0.25) is 0 Å². The van der Waals surface area contributed by atoms with Gasteiger partial charge in [-0.15, -0.1) is 0 Å². The molecule has 0 saturated carbocycles. The fraction of sp³-hybridized carbons (Fsp3) is 0.364. The average molecular weight is 198 g/mol. The first kappa shape index (κ1) is 10.8. The Morgan fingerprint density at radius 2 is 1.71 bits per heavy atom. The molecule has 0 aliphatic rings. The molecule has 0 heterocycles. The lowest BCUT2D eigenvalue weighted by atomic mass is 10.0. The van der Waals surface area contributed by atoms with E-state index >= 15 is 0 Å². The number of Topliss-reactive ketones (excluding diaryl/α,β-unsaturated/α-hetero) is 1. The van der Waals surface area contributed by atoms with E-state index in [1.807, 2.05) is 13.8 Å². The van der Waals surface area contributed by atoms with Crippen molar-refractivity contribution in [2.45, 2.75) is 20.3 Å². The molecular formula is C11H12F2O. The van der Waals surface area contributed by atoms with Gasteiger partial charge in [0.15, 0.2) is 5.78 Å². The van der Waals surface area contributed by atoms with Crippen LogP contribution < -0.4 is 0 Å². The molecule has 1 nitrogen and oxygen atoms in total. The predicted molar refractivity (Wildman–Crippen MR) is 50.1 cm³/mol. The van der Waals surface area contributed by atoms with E-state index in [0.717, 1.165) is 18.2 Å². The Balaban J connectivity index is 2.90. The van der Waals surface area contributed by atoms with E-state index < -0.39 is 11.6 Å². The molecule has 0 atom stereocenters. The Kier molecular flexibility index (Phi) is 3.33. The van der Waals surface area contributed by atoms with Gasteiger partial charge in [-0.2, -0.15) is 0 Å². The second kappa shape index (κ2) is 4.31. The van der Waals surface area contributed by atoms with E-state index in [1.54, 1.807) is 0 Å². The maximum Gasteiger partial charge on any atom is 0.163 e. The number of halogens is 2. The fourth-order valence-corrected chi connectivity index (χ4v) is 1.20. The molecule has 0 radical (unpaired) electrons. The summed E-state index contributed by atoms with van der Waals surface area (Å²) in [5, 5.41) is 0. The van der Waals surface area contributed by atoms with Crippen LogP contribution in [0.3, 0.4) is 0 Å². The number of hydrogen-bond acceptors (Lipinski definition) is 1. The van der Waals surface area contributed by atoms with Gasteiger partial charge in [0.1, 0.15) is 11.6 Å². The fourth-order valence-electron chi connectivity index (χ4n) is 1.20. The first-order valence-electron chi connectivity index (χ1n) is 4.48. The smallest absolute Gasteiger partial charge is 0.163 e. The van der Waals surface area contributed by atoms with Crippen LogP contribution >= 0.6 is 0 Å². The van der Waals surface area contributed by atoms with E-state index in [9.17, 15) is 13.6 Å². The minimum absolute atomic E-state index is 0.108. The van der Waals surface area contributed by atoms with Crippen molar-refractivity contribution in [2.75, 3.05) is 0 Å². The van der Waals surface area contributed by atoms with Crippen LogP contribution in [-0.4, -0.2) is 5.78 Å². The minimum Gasteiger partial charge on any atom is -0.294 e. The van der Waals surface area contributed by atoms with Gasteiger partial charge < -0.3 is 0 Å². The molecule has 0 aliphatic heterocycles. The molecule has 0 aliphatic carbocycles. The van der Waals surface area contributed by atoms with Crippen LogP contribution in [-0.2, 0) is 0 Å². The monoisotopic (exact) mass is 198 g/mol. The Bertz CT molecular complexity index is 325. The van der Waals surface area contributed by atoms with Crippen molar-refractivity contribution < 1.29 is 13.6 Å². The zero-order valence-electron chi connectivity index (χ0n) is 8.18. The molecule has 1 aromatic carbocycles. The van der Waals surface area contributed by atoms with Gasteiger partial charge in [-0.25, -0.2) is 8.78 Å². The van der Waals surface area contributed by atoms with E-state index in [1.165, 1.54) is 0 Å².